The molecule has 3 heteroatoms. The molecule has 0 bridgehead atoms. The zero-order valence-corrected chi connectivity index (χ0v) is 9.05. The molecule has 0 aliphatic carbocycles. The van der Waals surface area contributed by atoms with Crippen molar-refractivity contribution in [1.82, 2.24) is 9.97 Å². The molecule has 3 aromatic rings. The minimum atomic E-state index is 0.00445. The maximum absolute atomic E-state index is 11.4. The van der Waals surface area contributed by atoms with Crippen LogP contribution in [0.5, 0.6) is 0 Å². The van der Waals surface area contributed by atoms with E-state index in [1.54, 1.807) is 18.5 Å². The molecule has 0 radical (unpaired) electrons. The number of benzene rings is 1. The molecule has 17 heavy (non-hydrogen) atoms. The van der Waals surface area contributed by atoms with Gasteiger partial charge in [-0.2, -0.15) is 0 Å². The maximum atomic E-state index is 11.4. The smallest absolute Gasteiger partial charge is 0.182 e. The highest BCUT2D eigenvalue weighted by Gasteiger charge is 2.03. The van der Waals surface area contributed by atoms with E-state index in [9.17, 15) is 4.79 Å². The van der Waals surface area contributed by atoms with Crippen molar-refractivity contribution in [2.75, 3.05) is 0 Å². The van der Waals surface area contributed by atoms with E-state index in [2.05, 4.69) is 9.97 Å². The number of nitrogens with one attached hydrogen (secondary N) is 1. The second kappa shape index (κ2) is 3.87. The third kappa shape index (κ3) is 1.72. The van der Waals surface area contributed by atoms with Crippen molar-refractivity contribution in [2.45, 2.75) is 0 Å². The summed E-state index contributed by atoms with van der Waals surface area (Å²) >= 11 is 0. The Morgan fingerprint density at radius 1 is 1.12 bits per heavy atom. The number of hydrogen-bond donors (Lipinski definition) is 1. The Morgan fingerprint density at radius 2 is 2.06 bits per heavy atom. The zero-order valence-electron chi connectivity index (χ0n) is 9.05. The van der Waals surface area contributed by atoms with Gasteiger partial charge >= 0.3 is 0 Å². The summed E-state index contributed by atoms with van der Waals surface area (Å²) in [6.45, 7) is 0. The summed E-state index contributed by atoms with van der Waals surface area (Å²) < 4.78 is 0. The predicted octanol–water partition coefficient (Wildman–Crippen LogP) is 2.59. The minimum absolute atomic E-state index is 0.00445. The fraction of sp³-hybridized carbons (Fsp3) is 0. The molecule has 0 fully saturated rings. The van der Waals surface area contributed by atoms with E-state index in [0.717, 1.165) is 22.0 Å². The van der Waals surface area contributed by atoms with Crippen LogP contribution in [0.3, 0.4) is 0 Å². The molecule has 0 spiro atoms. The van der Waals surface area contributed by atoms with Crippen LogP contribution in [0.15, 0.2) is 59.8 Å². The minimum Gasteiger partial charge on any atom is -0.361 e. The molecule has 82 valence electrons. The molecule has 0 saturated carbocycles. The van der Waals surface area contributed by atoms with Gasteiger partial charge in [-0.25, -0.2) is 0 Å². The summed E-state index contributed by atoms with van der Waals surface area (Å²) in [6, 6.07) is 11.0. The summed E-state index contributed by atoms with van der Waals surface area (Å²) in [7, 11) is 0. The topological polar surface area (TPSA) is 45.8 Å². The van der Waals surface area contributed by atoms with Gasteiger partial charge in [-0.05, 0) is 11.5 Å². The van der Waals surface area contributed by atoms with E-state index in [1.807, 2.05) is 30.5 Å². The Labute approximate surface area is 97.8 Å². The highest BCUT2D eigenvalue weighted by atomic mass is 16.1. The van der Waals surface area contributed by atoms with Crippen molar-refractivity contribution in [3.63, 3.8) is 0 Å². The first-order chi connectivity index (χ1) is 8.34. The molecule has 0 aliphatic heterocycles. The van der Waals surface area contributed by atoms with Crippen LogP contribution >= 0.6 is 0 Å². The molecule has 1 N–H and O–H groups in total. The average molecular weight is 222 g/mol. The van der Waals surface area contributed by atoms with Crippen LogP contribution in [0.4, 0.5) is 0 Å². The third-order valence-electron chi connectivity index (χ3n) is 2.74. The Kier molecular flexibility index (Phi) is 2.22. The highest BCUT2D eigenvalue weighted by Crippen LogP contribution is 2.25. The van der Waals surface area contributed by atoms with E-state index in [4.69, 9.17) is 0 Å². The molecule has 0 atom stereocenters. The number of aromatic nitrogens is 2. The molecular formula is C14H10N2O. The van der Waals surface area contributed by atoms with E-state index in [1.165, 1.54) is 6.07 Å². The quantitative estimate of drug-likeness (QED) is 0.687. The van der Waals surface area contributed by atoms with Crippen LogP contribution in [0.1, 0.15) is 0 Å². The zero-order chi connectivity index (χ0) is 11.7. The van der Waals surface area contributed by atoms with Crippen molar-refractivity contribution in [3.8, 4) is 11.3 Å². The maximum Gasteiger partial charge on any atom is 0.182 e. The van der Waals surface area contributed by atoms with Crippen molar-refractivity contribution < 1.29 is 0 Å². The number of rotatable bonds is 1. The Bertz CT molecular complexity index is 726. The SMILES string of the molecule is O=c1cc[nH]c(-c2cccc3cnccc23)c1. The first-order valence-electron chi connectivity index (χ1n) is 5.36. The number of fused-ring (bicyclic) bond motifs is 1. The fourth-order valence-corrected chi connectivity index (χ4v) is 1.96. The van der Waals surface area contributed by atoms with E-state index in [0.29, 0.717) is 0 Å². The van der Waals surface area contributed by atoms with Gasteiger partial charge in [0, 0.05) is 47.4 Å². The standard InChI is InChI=1S/C14H10N2O/c17-11-4-7-16-14(8-11)13-3-1-2-10-9-15-6-5-12(10)13/h1-9H,(H,16,17). The molecule has 2 aromatic heterocycles. The molecule has 0 aliphatic rings. The first kappa shape index (κ1) is 9.78. The second-order valence-corrected chi connectivity index (χ2v) is 3.84. The molecule has 0 saturated heterocycles. The summed E-state index contributed by atoms with van der Waals surface area (Å²) in [5, 5.41) is 2.15. The Balaban J connectivity index is 2.34. The van der Waals surface area contributed by atoms with Gasteiger partial charge in [0.05, 0.1) is 0 Å². The van der Waals surface area contributed by atoms with Crippen LogP contribution in [0.25, 0.3) is 22.0 Å². The fourth-order valence-electron chi connectivity index (χ4n) is 1.96. The van der Waals surface area contributed by atoms with Crippen LogP contribution < -0.4 is 5.43 Å². The molecule has 0 unspecified atom stereocenters. The van der Waals surface area contributed by atoms with Gasteiger partial charge in [0.1, 0.15) is 0 Å². The molecular weight excluding hydrogens is 212 g/mol. The van der Waals surface area contributed by atoms with Crippen LogP contribution in [-0.4, -0.2) is 9.97 Å². The van der Waals surface area contributed by atoms with Gasteiger partial charge in [-0.1, -0.05) is 18.2 Å². The normalized spacial score (nSPS) is 10.6. The summed E-state index contributed by atoms with van der Waals surface area (Å²) in [6.07, 6.45) is 5.24. The summed E-state index contributed by atoms with van der Waals surface area (Å²) in [4.78, 5) is 18.6. The predicted molar refractivity (Wildman–Crippen MR) is 67.8 cm³/mol. The van der Waals surface area contributed by atoms with Crippen molar-refractivity contribution in [1.29, 1.82) is 0 Å². The first-order valence-corrected chi connectivity index (χ1v) is 5.36. The van der Waals surface area contributed by atoms with Crippen LogP contribution in [0, 0.1) is 0 Å². The number of aromatic amines is 1. The largest absolute Gasteiger partial charge is 0.361 e. The van der Waals surface area contributed by atoms with Gasteiger partial charge in [0.2, 0.25) is 0 Å². The van der Waals surface area contributed by atoms with E-state index < -0.39 is 0 Å². The number of pyridine rings is 2. The summed E-state index contributed by atoms with van der Waals surface area (Å²) in [5.74, 6) is 0. The number of H-pyrrole nitrogens is 1. The van der Waals surface area contributed by atoms with Crippen molar-refractivity contribution in [2.24, 2.45) is 0 Å². The van der Waals surface area contributed by atoms with Crippen molar-refractivity contribution in [3.05, 3.63) is 65.2 Å². The van der Waals surface area contributed by atoms with Gasteiger partial charge in [-0.3, -0.25) is 9.78 Å². The lowest BCUT2D eigenvalue weighted by molar-refractivity contribution is 1.30. The van der Waals surface area contributed by atoms with Gasteiger partial charge in [0.25, 0.3) is 0 Å². The molecule has 3 nitrogen and oxygen atoms in total. The van der Waals surface area contributed by atoms with E-state index >= 15 is 0 Å². The highest BCUT2D eigenvalue weighted by molar-refractivity contribution is 5.95. The monoisotopic (exact) mass is 222 g/mol. The average Bonchev–Trinajstić information content (AvgIpc) is 2.38. The molecule has 2 heterocycles. The van der Waals surface area contributed by atoms with Gasteiger partial charge in [0.15, 0.2) is 5.43 Å². The lowest BCUT2D eigenvalue weighted by Crippen LogP contribution is -1.98. The lowest BCUT2D eigenvalue weighted by Gasteiger charge is -2.05. The van der Waals surface area contributed by atoms with Crippen LogP contribution in [-0.2, 0) is 0 Å². The Morgan fingerprint density at radius 3 is 2.94 bits per heavy atom. The summed E-state index contributed by atoms with van der Waals surface area (Å²) in [5.41, 5.74) is 1.85. The number of hydrogen-bond acceptors (Lipinski definition) is 2. The number of nitrogens with zero attached hydrogens (tertiary/aromatic N) is 1. The second-order valence-electron chi connectivity index (χ2n) is 3.84. The van der Waals surface area contributed by atoms with Crippen molar-refractivity contribution >= 4 is 10.8 Å². The third-order valence-corrected chi connectivity index (χ3v) is 2.74. The lowest BCUT2D eigenvalue weighted by atomic mass is 10.0. The molecule has 1 aromatic carbocycles. The van der Waals surface area contributed by atoms with Gasteiger partial charge < -0.3 is 4.98 Å². The van der Waals surface area contributed by atoms with E-state index in [-0.39, 0.29) is 5.43 Å². The van der Waals surface area contributed by atoms with Crippen LogP contribution in [0.2, 0.25) is 0 Å². The van der Waals surface area contributed by atoms with Gasteiger partial charge in [-0.15, -0.1) is 0 Å². The molecule has 0 amide bonds. The molecule has 3 rings (SSSR count). The Hall–Kier alpha value is -2.42.